The molecule has 1 aromatic rings. The predicted molar refractivity (Wildman–Crippen MR) is 108 cm³/mol. The van der Waals surface area contributed by atoms with Crippen molar-refractivity contribution in [3.8, 4) is 0 Å². The summed E-state index contributed by atoms with van der Waals surface area (Å²) in [6, 6.07) is 7.26. The first-order valence-electron chi connectivity index (χ1n) is 9.86. The number of benzene rings is 1. The highest BCUT2D eigenvalue weighted by Crippen LogP contribution is 2.19. The number of nitrogens with one attached hydrogen (secondary N) is 2. The second kappa shape index (κ2) is 9.68. The fraction of sp³-hybridized carbons (Fsp3) is 0.571. The summed E-state index contributed by atoms with van der Waals surface area (Å²) in [5.74, 6) is -0.300. The number of carbonyl (C=O) groups is 3. The van der Waals surface area contributed by atoms with Crippen molar-refractivity contribution in [3.05, 3.63) is 35.4 Å². The lowest BCUT2D eigenvalue weighted by atomic mass is 9.95. The summed E-state index contributed by atoms with van der Waals surface area (Å²) in [6.45, 7) is 7.98. The van der Waals surface area contributed by atoms with Crippen LogP contribution < -0.4 is 16.4 Å². The first-order chi connectivity index (χ1) is 13.2. The third-order valence-corrected chi connectivity index (χ3v) is 4.86. The predicted octanol–water partition coefficient (Wildman–Crippen LogP) is 1.28. The van der Waals surface area contributed by atoms with Crippen molar-refractivity contribution in [1.82, 2.24) is 15.5 Å². The average Bonchev–Trinajstić information content (AvgIpc) is 2.69. The summed E-state index contributed by atoms with van der Waals surface area (Å²) < 4.78 is 0. The zero-order valence-electron chi connectivity index (χ0n) is 17.1. The van der Waals surface area contributed by atoms with Gasteiger partial charge in [-0.3, -0.25) is 14.4 Å². The lowest BCUT2D eigenvalue weighted by Crippen LogP contribution is -2.46. The van der Waals surface area contributed by atoms with Crippen molar-refractivity contribution in [3.63, 3.8) is 0 Å². The van der Waals surface area contributed by atoms with Gasteiger partial charge in [0.2, 0.25) is 11.8 Å². The summed E-state index contributed by atoms with van der Waals surface area (Å²) in [5, 5.41) is 5.70. The molecule has 2 rings (SSSR count). The molecule has 4 N–H and O–H groups in total. The molecule has 1 fully saturated rings. The quantitative estimate of drug-likeness (QED) is 0.683. The molecular weight excluding hydrogens is 356 g/mol. The van der Waals surface area contributed by atoms with Gasteiger partial charge in [0.25, 0.3) is 5.91 Å². The summed E-state index contributed by atoms with van der Waals surface area (Å²) >= 11 is 0. The molecule has 0 aliphatic carbocycles. The first-order valence-corrected chi connectivity index (χ1v) is 9.86. The second-order valence-corrected chi connectivity index (χ2v) is 8.30. The van der Waals surface area contributed by atoms with Crippen molar-refractivity contribution in [2.24, 2.45) is 17.1 Å². The van der Waals surface area contributed by atoms with Crippen LogP contribution in [0.5, 0.6) is 0 Å². The summed E-state index contributed by atoms with van der Waals surface area (Å²) in [5.41, 5.74) is 6.52. The van der Waals surface area contributed by atoms with Crippen LogP contribution in [-0.2, 0) is 16.1 Å². The molecule has 0 saturated carbocycles. The molecule has 0 aromatic heterocycles. The topological polar surface area (TPSA) is 105 Å². The maximum absolute atomic E-state index is 12.8. The van der Waals surface area contributed by atoms with Crippen molar-refractivity contribution in [1.29, 1.82) is 0 Å². The molecule has 1 aromatic carbocycles. The molecule has 0 bridgehead atoms. The number of nitrogens with zero attached hydrogens (tertiary/aromatic N) is 1. The number of carbonyl (C=O) groups excluding carboxylic acids is 3. The van der Waals surface area contributed by atoms with Crippen LogP contribution in [0.25, 0.3) is 0 Å². The van der Waals surface area contributed by atoms with Gasteiger partial charge < -0.3 is 21.3 Å². The highest BCUT2D eigenvalue weighted by Gasteiger charge is 2.28. The zero-order valence-corrected chi connectivity index (χ0v) is 17.1. The Morgan fingerprint density at radius 2 is 1.82 bits per heavy atom. The molecule has 1 aliphatic rings. The summed E-state index contributed by atoms with van der Waals surface area (Å²) in [4.78, 5) is 38.7. The monoisotopic (exact) mass is 388 g/mol. The van der Waals surface area contributed by atoms with E-state index in [1.54, 1.807) is 17.0 Å². The molecule has 7 heteroatoms. The molecule has 1 unspecified atom stereocenters. The van der Waals surface area contributed by atoms with Gasteiger partial charge in [-0.05, 0) is 30.5 Å². The molecule has 1 saturated heterocycles. The van der Waals surface area contributed by atoms with Crippen molar-refractivity contribution in [2.45, 2.75) is 40.2 Å². The molecule has 1 atom stereocenters. The van der Waals surface area contributed by atoms with E-state index in [0.717, 1.165) is 18.4 Å². The van der Waals surface area contributed by atoms with E-state index in [9.17, 15) is 14.4 Å². The van der Waals surface area contributed by atoms with Gasteiger partial charge >= 0.3 is 0 Å². The highest BCUT2D eigenvalue weighted by molar-refractivity contribution is 5.94. The maximum atomic E-state index is 12.8. The summed E-state index contributed by atoms with van der Waals surface area (Å²) in [6.07, 6.45) is 1.59. The Bertz CT molecular complexity index is 695. The van der Waals surface area contributed by atoms with Crippen molar-refractivity contribution in [2.75, 3.05) is 26.2 Å². The van der Waals surface area contributed by atoms with Crippen LogP contribution in [0, 0.1) is 11.3 Å². The third kappa shape index (κ3) is 6.05. The second-order valence-electron chi connectivity index (χ2n) is 8.30. The van der Waals surface area contributed by atoms with E-state index in [1.807, 2.05) is 32.9 Å². The fourth-order valence-electron chi connectivity index (χ4n) is 3.11. The number of likely N-dealkylation sites (tertiary alicyclic amines) is 1. The minimum absolute atomic E-state index is 0.0140. The van der Waals surface area contributed by atoms with Crippen molar-refractivity contribution >= 4 is 17.7 Å². The van der Waals surface area contributed by atoms with Gasteiger partial charge in [0.15, 0.2) is 0 Å². The molecule has 28 heavy (non-hydrogen) atoms. The molecule has 0 spiro atoms. The number of hydrogen-bond donors (Lipinski definition) is 3. The average molecular weight is 389 g/mol. The minimum Gasteiger partial charge on any atom is -0.355 e. The Hall–Kier alpha value is -2.41. The fourth-order valence-corrected chi connectivity index (χ4v) is 3.11. The lowest BCUT2D eigenvalue weighted by molar-refractivity contribution is -0.128. The largest absolute Gasteiger partial charge is 0.355 e. The number of hydrogen-bond acceptors (Lipinski definition) is 4. The summed E-state index contributed by atoms with van der Waals surface area (Å²) in [7, 11) is 0. The van der Waals surface area contributed by atoms with Crippen LogP contribution in [-0.4, -0.2) is 48.8 Å². The van der Waals surface area contributed by atoms with E-state index in [0.29, 0.717) is 38.3 Å². The molecule has 3 amide bonds. The van der Waals surface area contributed by atoms with Crippen molar-refractivity contribution < 1.29 is 14.4 Å². The number of amides is 3. The van der Waals surface area contributed by atoms with Gasteiger partial charge in [-0.25, -0.2) is 0 Å². The van der Waals surface area contributed by atoms with Crippen LogP contribution in [0.3, 0.4) is 0 Å². The smallest absolute Gasteiger partial charge is 0.253 e. The highest BCUT2D eigenvalue weighted by atomic mass is 16.2. The number of rotatable bonds is 6. The van der Waals surface area contributed by atoms with Crippen LogP contribution >= 0.6 is 0 Å². The van der Waals surface area contributed by atoms with Gasteiger partial charge in [0, 0.05) is 43.7 Å². The van der Waals surface area contributed by atoms with Gasteiger partial charge in [-0.15, -0.1) is 0 Å². The van der Waals surface area contributed by atoms with E-state index < -0.39 is 5.41 Å². The first kappa shape index (κ1) is 21.9. The van der Waals surface area contributed by atoms with E-state index >= 15 is 0 Å². The zero-order chi connectivity index (χ0) is 20.7. The lowest BCUT2D eigenvalue weighted by Gasteiger charge is -2.32. The van der Waals surface area contributed by atoms with Gasteiger partial charge in [0.05, 0.1) is 5.92 Å². The molecule has 1 heterocycles. The molecule has 154 valence electrons. The van der Waals surface area contributed by atoms with Gasteiger partial charge in [-0.1, -0.05) is 32.9 Å². The Morgan fingerprint density at radius 3 is 2.43 bits per heavy atom. The maximum Gasteiger partial charge on any atom is 0.253 e. The SMILES string of the molecule is CC(C)(C)C(=O)NCc1ccc(C(=O)N2CCCC(C(=O)NCCN)C2)cc1. The Balaban J connectivity index is 1.93. The minimum atomic E-state index is -0.433. The Kier molecular flexibility index (Phi) is 7.57. The van der Waals surface area contributed by atoms with E-state index in [2.05, 4.69) is 10.6 Å². The third-order valence-electron chi connectivity index (χ3n) is 4.86. The van der Waals surface area contributed by atoms with Crippen LogP contribution in [0.4, 0.5) is 0 Å². The van der Waals surface area contributed by atoms with E-state index in [4.69, 9.17) is 5.73 Å². The van der Waals surface area contributed by atoms with Crippen LogP contribution in [0.2, 0.25) is 0 Å². The van der Waals surface area contributed by atoms with E-state index in [-0.39, 0.29) is 23.6 Å². The van der Waals surface area contributed by atoms with Crippen LogP contribution in [0.15, 0.2) is 24.3 Å². The molecule has 1 aliphatic heterocycles. The Morgan fingerprint density at radius 1 is 1.14 bits per heavy atom. The number of piperidine rings is 1. The normalized spacial score (nSPS) is 17.1. The molecule has 7 nitrogen and oxygen atoms in total. The van der Waals surface area contributed by atoms with Crippen LogP contribution in [0.1, 0.15) is 49.5 Å². The molecular formula is C21H32N4O3. The van der Waals surface area contributed by atoms with Gasteiger partial charge in [-0.2, -0.15) is 0 Å². The molecule has 0 radical (unpaired) electrons. The van der Waals surface area contributed by atoms with Gasteiger partial charge in [0.1, 0.15) is 0 Å². The Labute approximate surface area is 167 Å². The van der Waals surface area contributed by atoms with E-state index in [1.165, 1.54) is 0 Å². The number of nitrogens with two attached hydrogens (primary N) is 1. The standard InChI is InChI=1S/C21H32N4O3/c1-21(2,3)20(28)24-13-15-6-8-16(9-7-15)19(27)25-12-4-5-17(14-25)18(26)23-11-10-22/h6-9,17H,4-5,10-14,22H2,1-3H3,(H,23,26)(H,24,28).